The molecule has 2 N–H and O–H groups in total. The maximum Gasteiger partial charge on any atom is 0.412 e. The van der Waals surface area contributed by atoms with Gasteiger partial charge in [-0.3, -0.25) is 4.90 Å². The highest BCUT2D eigenvalue weighted by Crippen LogP contribution is 2.34. The summed E-state index contributed by atoms with van der Waals surface area (Å²) in [7, 11) is 3.29. The molecule has 0 saturated carbocycles. The number of nitrogens with zero attached hydrogens (tertiary/aromatic N) is 3. The lowest BCUT2D eigenvalue weighted by molar-refractivity contribution is 0.0529. The van der Waals surface area contributed by atoms with E-state index < -0.39 is 17.8 Å². The molecule has 0 aliphatic carbocycles. The lowest BCUT2D eigenvalue weighted by Crippen LogP contribution is -2.37. The zero-order valence-corrected chi connectivity index (χ0v) is 20.6. The number of carbonyl (C=O) groups is 2. The number of nitriles is 1. The maximum absolute atomic E-state index is 12.0. The molecule has 0 aliphatic heterocycles. The third-order valence-corrected chi connectivity index (χ3v) is 5.04. The summed E-state index contributed by atoms with van der Waals surface area (Å²) < 4.78 is 10.3. The van der Waals surface area contributed by atoms with Crippen molar-refractivity contribution in [3.05, 3.63) is 52.5 Å². The van der Waals surface area contributed by atoms with Gasteiger partial charge in [0.15, 0.2) is 0 Å². The Labute approximate surface area is 204 Å². The van der Waals surface area contributed by atoms with Gasteiger partial charge < -0.3 is 24.8 Å². The molecule has 0 bridgehead atoms. The summed E-state index contributed by atoms with van der Waals surface area (Å²) in [6.07, 6.45) is -1.74. The van der Waals surface area contributed by atoms with Crippen LogP contribution in [0, 0.1) is 11.3 Å². The van der Waals surface area contributed by atoms with Crippen LogP contribution in [0.2, 0.25) is 5.02 Å². The Kier molecular flexibility index (Phi) is 8.98. The van der Waals surface area contributed by atoms with Crippen LogP contribution < -0.4 is 19.9 Å². The molecule has 10 heteroatoms. The lowest BCUT2D eigenvalue weighted by atomic mass is 10.1. The summed E-state index contributed by atoms with van der Waals surface area (Å²) in [6, 6.07) is 12.1. The first-order valence-electron chi connectivity index (χ1n) is 10.5. The van der Waals surface area contributed by atoms with Gasteiger partial charge in [-0.1, -0.05) is 23.7 Å². The van der Waals surface area contributed by atoms with Gasteiger partial charge in [0.2, 0.25) is 0 Å². The zero-order valence-electron chi connectivity index (χ0n) is 19.9. The Morgan fingerprint density at radius 2 is 1.82 bits per heavy atom. The average Bonchev–Trinajstić information content (AvgIpc) is 2.76. The number of carboxylic acid groups (broad SMARTS) is 1. The fourth-order valence-corrected chi connectivity index (χ4v) is 3.35. The molecule has 2 aromatic carbocycles. The van der Waals surface area contributed by atoms with Gasteiger partial charge >= 0.3 is 12.2 Å². The van der Waals surface area contributed by atoms with Crippen LogP contribution in [-0.4, -0.2) is 50.1 Å². The minimum absolute atomic E-state index is 0.0406. The fraction of sp³-hybridized carbons (Fsp3) is 0.375. The largest absolute Gasteiger partial charge is 0.497 e. The third-order valence-electron chi connectivity index (χ3n) is 4.73. The Bertz CT molecular complexity index is 1060. The van der Waals surface area contributed by atoms with Gasteiger partial charge in [-0.2, -0.15) is 5.26 Å². The van der Waals surface area contributed by atoms with Gasteiger partial charge in [0.05, 0.1) is 35.6 Å². The van der Waals surface area contributed by atoms with Crippen molar-refractivity contribution in [2.24, 2.45) is 0 Å². The molecular formula is C24H29ClN4O5. The number of anilines is 2. The Morgan fingerprint density at radius 3 is 2.35 bits per heavy atom. The number of methoxy groups -OCH3 is 1. The number of likely N-dealkylation sites (N-methyl/N-ethyl adjacent to an activating group) is 1. The van der Waals surface area contributed by atoms with Crippen LogP contribution in [0.1, 0.15) is 31.9 Å². The van der Waals surface area contributed by atoms with E-state index in [1.165, 1.54) is 6.07 Å². The first-order valence-corrected chi connectivity index (χ1v) is 10.9. The molecular weight excluding hydrogens is 460 g/mol. The maximum atomic E-state index is 12.0. The number of ether oxygens (including phenoxy) is 2. The molecule has 34 heavy (non-hydrogen) atoms. The monoisotopic (exact) mass is 488 g/mol. The highest BCUT2D eigenvalue weighted by Gasteiger charge is 2.22. The first-order chi connectivity index (χ1) is 15.9. The second-order valence-electron chi connectivity index (χ2n) is 8.50. The van der Waals surface area contributed by atoms with E-state index in [1.807, 2.05) is 0 Å². The number of amides is 2. The molecule has 0 aromatic heterocycles. The Morgan fingerprint density at radius 1 is 1.18 bits per heavy atom. The number of rotatable bonds is 8. The van der Waals surface area contributed by atoms with Crippen molar-refractivity contribution in [2.75, 3.05) is 37.0 Å². The van der Waals surface area contributed by atoms with Crippen LogP contribution in [0.3, 0.4) is 0 Å². The van der Waals surface area contributed by atoms with Crippen LogP contribution in [0.25, 0.3) is 0 Å². The number of carbonyl (C=O) groups excluding carboxylic acids is 1. The standard InChI is InChI=1S/C24H29ClN4O5/c1-24(2,3)34-22(30)27-10-11-28(4)20-13-19(25)21(12-17(20)14-26)29(23(31)32)15-16-6-8-18(33-5)9-7-16/h6-9,12-13H,10-11,15H2,1-5H3,(H,27,30)(H,31,32). The van der Waals surface area contributed by atoms with E-state index in [-0.39, 0.29) is 29.4 Å². The molecule has 0 radical (unpaired) electrons. The van der Waals surface area contributed by atoms with E-state index in [9.17, 15) is 20.0 Å². The van der Waals surface area contributed by atoms with Crippen molar-refractivity contribution in [3.8, 4) is 11.8 Å². The van der Waals surface area contributed by atoms with Gasteiger partial charge in [0.25, 0.3) is 0 Å². The number of nitrogens with one attached hydrogen (secondary N) is 1. The van der Waals surface area contributed by atoms with Crippen LogP contribution in [0.4, 0.5) is 21.0 Å². The van der Waals surface area contributed by atoms with Gasteiger partial charge in [0.1, 0.15) is 17.4 Å². The van der Waals surface area contributed by atoms with E-state index in [0.717, 1.165) is 10.5 Å². The summed E-state index contributed by atoms with van der Waals surface area (Å²) in [5, 5.41) is 22.3. The zero-order chi connectivity index (χ0) is 25.5. The van der Waals surface area contributed by atoms with Crippen molar-refractivity contribution in [2.45, 2.75) is 32.9 Å². The average molecular weight is 489 g/mol. The van der Waals surface area contributed by atoms with Gasteiger partial charge in [0, 0.05) is 20.1 Å². The molecule has 0 aliphatic rings. The Balaban J connectivity index is 2.20. The van der Waals surface area contributed by atoms with Crippen molar-refractivity contribution in [3.63, 3.8) is 0 Å². The molecule has 2 rings (SSSR count). The van der Waals surface area contributed by atoms with E-state index in [2.05, 4.69) is 11.4 Å². The molecule has 2 amide bonds. The second kappa shape index (κ2) is 11.5. The number of benzene rings is 2. The van der Waals surface area contributed by atoms with E-state index >= 15 is 0 Å². The van der Waals surface area contributed by atoms with Crippen LogP contribution >= 0.6 is 11.6 Å². The third kappa shape index (κ3) is 7.46. The minimum atomic E-state index is -1.20. The summed E-state index contributed by atoms with van der Waals surface area (Å²) in [4.78, 5) is 26.7. The van der Waals surface area contributed by atoms with Crippen molar-refractivity contribution >= 4 is 35.2 Å². The minimum Gasteiger partial charge on any atom is -0.497 e. The van der Waals surface area contributed by atoms with E-state index in [1.54, 1.807) is 70.2 Å². The summed E-state index contributed by atoms with van der Waals surface area (Å²) in [6.45, 7) is 6.01. The van der Waals surface area contributed by atoms with Crippen LogP contribution in [0.5, 0.6) is 5.75 Å². The number of hydrogen-bond acceptors (Lipinski definition) is 6. The normalized spacial score (nSPS) is 10.7. The second-order valence-corrected chi connectivity index (χ2v) is 8.91. The predicted molar refractivity (Wildman–Crippen MR) is 131 cm³/mol. The first kappa shape index (κ1) is 26.6. The van der Waals surface area contributed by atoms with Gasteiger partial charge in [-0.05, 0) is 50.6 Å². The molecule has 0 atom stereocenters. The highest BCUT2D eigenvalue weighted by atomic mass is 35.5. The molecule has 2 aromatic rings. The molecule has 0 unspecified atom stereocenters. The highest BCUT2D eigenvalue weighted by molar-refractivity contribution is 6.34. The number of hydrogen-bond donors (Lipinski definition) is 2. The number of alkyl carbamates (subject to hydrolysis) is 1. The lowest BCUT2D eigenvalue weighted by Gasteiger charge is -2.25. The van der Waals surface area contributed by atoms with E-state index in [4.69, 9.17) is 21.1 Å². The summed E-state index contributed by atoms with van der Waals surface area (Å²) >= 11 is 6.46. The van der Waals surface area contributed by atoms with Crippen molar-refractivity contribution < 1.29 is 24.2 Å². The fourth-order valence-electron chi connectivity index (χ4n) is 3.09. The van der Waals surface area contributed by atoms with Gasteiger partial charge in [-0.25, -0.2) is 9.59 Å². The molecule has 0 heterocycles. The molecule has 9 nitrogen and oxygen atoms in total. The SMILES string of the molecule is COc1ccc(CN(C(=O)O)c2cc(C#N)c(N(C)CCNC(=O)OC(C)(C)C)cc2Cl)cc1. The smallest absolute Gasteiger partial charge is 0.412 e. The Hall–Kier alpha value is -3.64. The van der Waals surface area contributed by atoms with E-state index in [0.29, 0.717) is 18.0 Å². The molecule has 182 valence electrons. The molecule has 0 fully saturated rings. The quantitative estimate of drug-likeness (QED) is 0.544. The summed E-state index contributed by atoms with van der Waals surface area (Å²) in [5.41, 5.74) is 1.09. The van der Waals surface area contributed by atoms with Crippen molar-refractivity contribution in [1.82, 2.24) is 5.32 Å². The summed E-state index contributed by atoms with van der Waals surface area (Å²) in [5.74, 6) is 0.656. The van der Waals surface area contributed by atoms with Crippen molar-refractivity contribution in [1.29, 1.82) is 5.26 Å². The number of halogens is 1. The van der Waals surface area contributed by atoms with Crippen LogP contribution in [-0.2, 0) is 11.3 Å². The van der Waals surface area contributed by atoms with Gasteiger partial charge in [-0.15, -0.1) is 0 Å². The topological polar surface area (TPSA) is 115 Å². The van der Waals surface area contributed by atoms with Crippen LogP contribution in [0.15, 0.2) is 36.4 Å². The predicted octanol–water partition coefficient (Wildman–Crippen LogP) is 4.87. The molecule has 0 saturated heterocycles. The molecule has 0 spiro atoms.